The Balaban J connectivity index is 2.31. The number of anilines is 1. The zero-order valence-electron chi connectivity index (χ0n) is 11.6. The minimum absolute atomic E-state index is 0.145. The number of likely N-dealkylation sites (N-methyl/N-ethyl adjacent to an activating group) is 1. The summed E-state index contributed by atoms with van der Waals surface area (Å²) in [5, 5.41) is 2.77. The van der Waals surface area contributed by atoms with Crippen LogP contribution in [-0.2, 0) is 17.5 Å². The second kappa shape index (κ2) is 6.01. The van der Waals surface area contributed by atoms with Gasteiger partial charge in [-0.25, -0.2) is 0 Å². The van der Waals surface area contributed by atoms with E-state index in [2.05, 4.69) is 5.32 Å². The number of rotatable bonds is 4. The number of benzene rings is 1. The fourth-order valence-electron chi connectivity index (χ4n) is 2.43. The normalized spacial score (nSPS) is 19.4. The van der Waals surface area contributed by atoms with Crippen molar-refractivity contribution < 1.29 is 17.9 Å². The smallest absolute Gasteiger partial charge is 0.379 e. The van der Waals surface area contributed by atoms with Gasteiger partial charge in [0.25, 0.3) is 0 Å². The summed E-state index contributed by atoms with van der Waals surface area (Å²) in [4.78, 5) is 1.87. The molecule has 0 bridgehead atoms. The molecular weight excluding hydrogens is 269 g/mol. The van der Waals surface area contributed by atoms with Crippen LogP contribution in [0.1, 0.15) is 17.5 Å². The number of ether oxygens (including phenoxy) is 1. The topological polar surface area (TPSA) is 24.5 Å². The van der Waals surface area contributed by atoms with Gasteiger partial charge < -0.3 is 15.0 Å². The Morgan fingerprint density at radius 3 is 2.70 bits per heavy atom. The predicted octanol–water partition coefficient (Wildman–Crippen LogP) is 2.65. The highest BCUT2D eigenvalue weighted by Gasteiger charge is 2.34. The lowest BCUT2D eigenvalue weighted by Crippen LogP contribution is -2.32. The molecule has 3 nitrogen and oxygen atoms in total. The molecule has 0 aromatic heterocycles. The van der Waals surface area contributed by atoms with Crippen LogP contribution in [0.5, 0.6) is 0 Å². The summed E-state index contributed by atoms with van der Waals surface area (Å²) >= 11 is 0. The Bertz CT molecular complexity index is 456. The molecule has 0 radical (unpaired) electrons. The lowest BCUT2D eigenvalue weighted by atomic mass is 10.0. The van der Waals surface area contributed by atoms with Gasteiger partial charge in [0.15, 0.2) is 0 Å². The summed E-state index contributed by atoms with van der Waals surface area (Å²) in [5.41, 5.74) is 0.266. The van der Waals surface area contributed by atoms with Gasteiger partial charge in [-0.05, 0) is 31.2 Å². The van der Waals surface area contributed by atoms with Gasteiger partial charge in [0.2, 0.25) is 0 Å². The van der Waals surface area contributed by atoms with Crippen LogP contribution in [0.2, 0.25) is 0 Å². The highest BCUT2D eigenvalue weighted by Crippen LogP contribution is 2.35. The van der Waals surface area contributed by atoms with Crippen molar-refractivity contribution in [1.82, 2.24) is 5.32 Å². The molecule has 1 aromatic rings. The molecule has 1 saturated heterocycles. The van der Waals surface area contributed by atoms with Gasteiger partial charge in [0, 0.05) is 25.9 Å². The van der Waals surface area contributed by atoms with Gasteiger partial charge in [-0.2, -0.15) is 13.2 Å². The summed E-state index contributed by atoms with van der Waals surface area (Å²) in [7, 11) is 3.45. The third-order valence-corrected chi connectivity index (χ3v) is 3.63. The van der Waals surface area contributed by atoms with Crippen molar-refractivity contribution in [2.45, 2.75) is 25.2 Å². The number of nitrogens with zero attached hydrogens (tertiary/aromatic N) is 1. The fraction of sp³-hybridized carbons (Fsp3) is 0.571. The Kier molecular flexibility index (Phi) is 4.55. The second-order valence-electron chi connectivity index (χ2n) is 5.00. The Labute approximate surface area is 116 Å². The number of halogens is 3. The van der Waals surface area contributed by atoms with Gasteiger partial charge >= 0.3 is 6.18 Å². The van der Waals surface area contributed by atoms with E-state index < -0.39 is 11.7 Å². The SMILES string of the molecule is CNCc1ccc(N(C)C2CCOC2)cc1C(F)(F)F. The molecule has 1 heterocycles. The van der Waals surface area contributed by atoms with Crippen molar-refractivity contribution >= 4 is 5.69 Å². The summed E-state index contributed by atoms with van der Waals surface area (Å²) < 4.78 is 44.6. The lowest BCUT2D eigenvalue weighted by molar-refractivity contribution is -0.138. The molecule has 20 heavy (non-hydrogen) atoms. The van der Waals surface area contributed by atoms with Crippen LogP contribution < -0.4 is 10.2 Å². The van der Waals surface area contributed by atoms with E-state index in [9.17, 15) is 13.2 Å². The van der Waals surface area contributed by atoms with Crippen molar-refractivity contribution in [1.29, 1.82) is 0 Å². The van der Waals surface area contributed by atoms with Crippen LogP contribution in [0, 0.1) is 0 Å². The fourth-order valence-corrected chi connectivity index (χ4v) is 2.43. The minimum Gasteiger partial charge on any atom is -0.379 e. The lowest BCUT2D eigenvalue weighted by Gasteiger charge is -2.27. The zero-order chi connectivity index (χ0) is 14.8. The molecule has 1 atom stereocenters. The maximum absolute atomic E-state index is 13.1. The molecule has 0 aliphatic carbocycles. The second-order valence-corrected chi connectivity index (χ2v) is 5.00. The average molecular weight is 288 g/mol. The minimum atomic E-state index is -4.34. The van der Waals surface area contributed by atoms with E-state index >= 15 is 0 Å². The molecule has 6 heteroatoms. The molecule has 1 aromatic carbocycles. The van der Waals surface area contributed by atoms with E-state index in [1.54, 1.807) is 19.2 Å². The molecule has 0 saturated carbocycles. The molecule has 1 unspecified atom stereocenters. The van der Waals surface area contributed by atoms with Gasteiger partial charge in [-0.15, -0.1) is 0 Å². The van der Waals surface area contributed by atoms with Gasteiger partial charge in [0.05, 0.1) is 18.2 Å². The molecule has 2 rings (SSSR count). The monoisotopic (exact) mass is 288 g/mol. The first-order valence-electron chi connectivity index (χ1n) is 6.58. The molecule has 0 amide bonds. The molecule has 0 spiro atoms. The van der Waals surface area contributed by atoms with Crippen LogP contribution in [-0.4, -0.2) is 33.4 Å². The zero-order valence-corrected chi connectivity index (χ0v) is 11.6. The summed E-state index contributed by atoms with van der Waals surface area (Å²) in [6.07, 6.45) is -3.49. The molecular formula is C14H19F3N2O. The maximum atomic E-state index is 13.1. The van der Waals surface area contributed by atoms with Gasteiger partial charge in [0.1, 0.15) is 0 Å². The predicted molar refractivity (Wildman–Crippen MR) is 71.8 cm³/mol. The number of alkyl halides is 3. The first-order valence-corrected chi connectivity index (χ1v) is 6.58. The average Bonchev–Trinajstić information content (AvgIpc) is 2.91. The van der Waals surface area contributed by atoms with Crippen molar-refractivity contribution in [2.24, 2.45) is 0 Å². The van der Waals surface area contributed by atoms with Crippen molar-refractivity contribution in [3.8, 4) is 0 Å². The molecule has 1 N–H and O–H groups in total. The van der Waals surface area contributed by atoms with E-state index in [1.807, 2.05) is 11.9 Å². The molecule has 112 valence electrons. The third kappa shape index (κ3) is 3.24. The number of hydrogen-bond acceptors (Lipinski definition) is 3. The van der Waals surface area contributed by atoms with Gasteiger partial charge in [-0.1, -0.05) is 6.07 Å². The summed E-state index contributed by atoms with van der Waals surface area (Å²) in [6.45, 7) is 1.43. The van der Waals surface area contributed by atoms with E-state index in [-0.39, 0.29) is 18.2 Å². The highest BCUT2D eigenvalue weighted by atomic mass is 19.4. The largest absolute Gasteiger partial charge is 0.416 e. The van der Waals surface area contributed by atoms with Crippen LogP contribution >= 0.6 is 0 Å². The van der Waals surface area contributed by atoms with Crippen molar-refractivity contribution in [3.63, 3.8) is 0 Å². The van der Waals surface area contributed by atoms with Crippen LogP contribution in [0.3, 0.4) is 0 Å². The standard InChI is InChI=1S/C14H19F3N2O/c1-18-8-10-3-4-11(7-13(10)14(15,16)17)19(2)12-5-6-20-9-12/h3-4,7,12,18H,5-6,8-9H2,1-2H3. The summed E-state index contributed by atoms with van der Waals surface area (Å²) in [6, 6.07) is 4.65. The van der Waals surface area contributed by atoms with Crippen LogP contribution in [0.4, 0.5) is 18.9 Å². The highest BCUT2D eigenvalue weighted by molar-refractivity contribution is 5.52. The Hall–Kier alpha value is -1.27. The summed E-state index contributed by atoms with van der Waals surface area (Å²) in [5.74, 6) is 0. The van der Waals surface area contributed by atoms with Crippen LogP contribution in [0.15, 0.2) is 18.2 Å². The van der Waals surface area contributed by atoms with E-state index in [0.29, 0.717) is 18.9 Å². The molecule has 1 fully saturated rings. The van der Waals surface area contributed by atoms with E-state index in [4.69, 9.17) is 4.74 Å². The molecule has 1 aliphatic rings. The Morgan fingerprint density at radius 1 is 1.40 bits per heavy atom. The first-order chi connectivity index (χ1) is 9.43. The Morgan fingerprint density at radius 2 is 2.15 bits per heavy atom. The van der Waals surface area contributed by atoms with Gasteiger partial charge in [-0.3, -0.25) is 0 Å². The van der Waals surface area contributed by atoms with E-state index in [1.165, 1.54) is 6.07 Å². The molecule has 1 aliphatic heterocycles. The third-order valence-electron chi connectivity index (χ3n) is 3.63. The van der Waals surface area contributed by atoms with Crippen molar-refractivity contribution in [2.75, 3.05) is 32.2 Å². The number of nitrogens with one attached hydrogen (secondary N) is 1. The van der Waals surface area contributed by atoms with E-state index in [0.717, 1.165) is 6.42 Å². The quantitative estimate of drug-likeness (QED) is 0.922. The maximum Gasteiger partial charge on any atom is 0.416 e. The number of hydrogen-bond donors (Lipinski definition) is 1. The van der Waals surface area contributed by atoms with Crippen molar-refractivity contribution in [3.05, 3.63) is 29.3 Å². The van der Waals surface area contributed by atoms with Crippen LogP contribution in [0.25, 0.3) is 0 Å². The first kappa shape index (κ1) is 15.1.